The molecule has 1 aliphatic rings. The third-order valence-electron chi connectivity index (χ3n) is 4.12. The predicted octanol–water partition coefficient (Wildman–Crippen LogP) is 4.28. The normalized spacial score (nSPS) is 21.9. The summed E-state index contributed by atoms with van der Waals surface area (Å²) in [6.07, 6.45) is 8.69. The average molecular weight is 281 g/mol. The Kier molecular flexibility index (Phi) is 4.09. The van der Waals surface area contributed by atoms with Gasteiger partial charge in [-0.2, -0.15) is 5.10 Å². The molecule has 0 bridgehead atoms. The van der Waals surface area contributed by atoms with Crippen molar-refractivity contribution in [2.45, 2.75) is 26.7 Å². The summed E-state index contributed by atoms with van der Waals surface area (Å²) >= 11 is 0. The van der Waals surface area contributed by atoms with E-state index in [9.17, 15) is 0 Å². The summed E-state index contributed by atoms with van der Waals surface area (Å²) in [6, 6.07) is 10.3. The summed E-state index contributed by atoms with van der Waals surface area (Å²) in [6.45, 7) is 5.58. The summed E-state index contributed by atoms with van der Waals surface area (Å²) in [5.74, 6) is 1.42. The minimum absolute atomic E-state index is 0.701. The average Bonchev–Trinajstić information content (AvgIpc) is 2.98. The molecule has 3 rings (SSSR count). The molecule has 0 spiro atoms. The van der Waals surface area contributed by atoms with E-state index in [1.54, 1.807) is 0 Å². The third-order valence-corrected chi connectivity index (χ3v) is 4.12. The first-order valence-corrected chi connectivity index (χ1v) is 7.72. The van der Waals surface area contributed by atoms with E-state index >= 15 is 0 Å². The minimum atomic E-state index is 0.701. The molecule has 3 heteroatoms. The molecule has 1 heterocycles. The van der Waals surface area contributed by atoms with Gasteiger partial charge in [-0.3, -0.25) is 0 Å². The highest BCUT2D eigenvalue weighted by atomic mass is 15.3. The molecule has 2 aromatic rings. The highest BCUT2D eigenvalue weighted by Crippen LogP contribution is 2.28. The van der Waals surface area contributed by atoms with Gasteiger partial charge in [-0.25, -0.2) is 4.68 Å². The van der Waals surface area contributed by atoms with Gasteiger partial charge in [0.1, 0.15) is 0 Å². The van der Waals surface area contributed by atoms with Crippen LogP contribution in [0.3, 0.4) is 0 Å². The Labute approximate surface area is 126 Å². The number of benzene rings is 1. The standard InChI is InChI=1S/C18H23N3/c1-14-10-15(2)12-16(11-14)13-19-17-6-3-4-7-18(17)21-9-5-8-20-21/h3-10,14,16,19H,11-13H2,1-2H3. The predicted molar refractivity (Wildman–Crippen MR) is 87.7 cm³/mol. The maximum Gasteiger partial charge on any atom is 0.0876 e. The largest absolute Gasteiger partial charge is 0.383 e. The molecular formula is C18H23N3. The van der Waals surface area contributed by atoms with Crippen molar-refractivity contribution in [2.75, 3.05) is 11.9 Å². The van der Waals surface area contributed by atoms with Crippen molar-refractivity contribution in [3.63, 3.8) is 0 Å². The number of aromatic nitrogens is 2. The van der Waals surface area contributed by atoms with Crippen molar-refractivity contribution in [3.8, 4) is 5.69 Å². The highest BCUT2D eigenvalue weighted by molar-refractivity contribution is 5.60. The fourth-order valence-corrected chi connectivity index (χ4v) is 3.33. The number of nitrogens with one attached hydrogen (secondary N) is 1. The lowest BCUT2D eigenvalue weighted by atomic mass is 9.84. The van der Waals surface area contributed by atoms with Gasteiger partial charge >= 0.3 is 0 Å². The van der Waals surface area contributed by atoms with E-state index < -0.39 is 0 Å². The van der Waals surface area contributed by atoms with Gasteiger partial charge < -0.3 is 5.32 Å². The van der Waals surface area contributed by atoms with Crippen LogP contribution in [0.15, 0.2) is 54.4 Å². The lowest BCUT2D eigenvalue weighted by Gasteiger charge is -2.26. The van der Waals surface area contributed by atoms with Crippen molar-refractivity contribution < 1.29 is 0 Å². The number of allylic oxidation sites excluding steroid dienone is 2. The molecule has 21 heavy (non-hydrogen) atoms. The smallest absolute Gasteiger partial charge is 0.0876 e. The lowest BCUT2D eigenvalue weighted by molar-refractivity contribution is 0.421. The molecule has 2 unspecified atom stereocenters. The highest BCUT2D eigenvalue weighted by Gasteiger charge is 2.18. The van der Waals surface area contributed by atoms with Crippen molar-refractivity contribution in [3.05, 3.63) is 54.4 Å². The van der Waals surface area contributed by atoms with Crippen LogP contribution >= 0.6 is 0 Å². The van der Waals surface area contributed by atoms with Gasteiger partial charge in [-0.15, -0.1) is 0 Å². The molecule has 1 aliphatic carbocycles. The molecule has 1 aromatic carbocycles. The van der Waals surface area contributed by atoms with E-state index in [2.05, 4.69) is 54.6 Å². The Morgan fingerprint density at radius 2 is 2.14 bits per heavy atom. The Morgan fingerprint density at radius 1 is 1.29 bits per heavy atom. The summed E-state index contributed by atoms with van der Waals surface area (Å²) in [5.41, 5.74) is 3.79. The van der Waals surface area contributed by atoms with Crippen LogP contribution in [0.4, 0.5) is 5.69 Å². The minimum Gasteiger partial charge on any atom is -0.383 e. The van der Waals surface area contributed by atoms with Crippen LogP contribution in [0, 0.1) is 11.8 Å². The van der Waals surface area contributed by atoms with Gasteiger partial charge in [0.25, 0.3) is 0 Å². The Hall–Kier alpha value is -2.03. The van der Waals surface area contributed by atoms with Crippen LogP contribution in [-0.2, 0) is 0 Å². The Balaban J connectivity index is 1.70. The molecule has 1 aromatic heterocycles. The monoisotopic (exact) mass is 281 g/mol. The van der Waals surface area contributed by atoms with E-state index in [1.165, 1.54) is 18.4 Å². The van der Waals surface area contributed by atoms with Gasteiger partial charge in [-0.1, -0.05) is 30.7 Å². The summed E-state index contributed by atoms with van der Waals surface area (Å²) in [7, 11) is 0. The van der Waals surface area contributed by atoms with Gasteiger partial charge in [0.15, 0.2) is 0 Å². The van der Waals surface area contributed by atoms with E-state index in [1.807, 2.05) is 23.1 Å². The Morgan fingerprint density at radius 3 is 2.90 bits per heavy atom. The third kappa shape index (κ3) is 3.35. The van der Waals surface area contributed by atoms with Crippen LogP contribution in [-0.4, -0.2) is 16.3 Å². The second-order valence-electron chi connectivity index (χ2n) is 6.14. The molecule has 0 amide bonds. The molecule has 0 aliphatic heterocycles. The topological polar surface area (TPSA) is 29.9 Å². The molecule has 0 saturated carbocycles. The van der Waals surface area contributed by atoms with Crippen molar-refractivity contribution in [1.82, 2.24) is 9.78 Å². The van der Waals surface area contributed by atoms with E-state index in [-0.39, 0.29) is 0 Å². The molecule has 2 atom stereocenters. The van der Waals surface area contributed by atoms with Crippen molar-refractivity contribution >= 4 is 5.69 Å². The number of para-hydroxylation sites is 2. The maximum absolute atomic E-state index is 4.33. The second-order valence-corrected chi connectivity index (χ2v) is 6.14. The first-order chi connectivity index (χ1) is 10.2. The molecule has 0 fully saturated rings. The van der Waals surface area contributed by atoms with Crippen LogP contribution < -0.4 is 5.32 Å². The van der Waals surface area contributed by atoms with Gasteiger partial charge in [0.2, 0.25) is 0 Å². The zero-order valence-corrected chi connectivity index (χ0v) is 12.8. The SMILES string of the molecule is CC1=CC(C)CC(CNc2ccccc2-n2cccn2)C1. The van der Waals surface area contributed by atoms with Crippen LogP contribution in [0.25, 0.3) is 5.69 Å². The first-order valence-electron chi connectivity index (χ1n) is 7.72. The number of hydrogen-bond donors (Lipinski definition) is 1. The number of rotatable bonds is 4. The van der Waals surface area contributed by atoms with E-state index in [4.69, 9.17) is 0 Å². The van der Waals surface area contributed by atoms with Crippen LogP contribution in [0.2, 0.25) is 0 Å². The summed E-state index contributed by atoms with van der Waals surface area (Å²) in [5, 5.41) is 7.96. The zero-order chi connectivity index (χ0) is 14.7. The number of hydrogen-bond acceptors (Lipinski definition) is 2. The molecular weight excluding hydrogens is 258 g/mol. The number of nitrogens with zero attached hydrogens (tertiary/aromatic N) is 2. The quantitative estimate of drug-likeness (QED) is 0.848. The van der Waals surface area contributed by atoms with Crippen molar-refractivity contribution in [2.24, 2.45) is 11.8 Å². The van der Waals surface area contributed by atoms with Gasteiger partial charge in [-0.05, 0) is 49.8 Å². The molecule has 0 radical (unpaired) electrons. The summed E-state index contributed by atoms with van der Waals surface area (Å²) < 4.78 is 1.91. The molecule has 3 nitrogen and oxygen atoms in total. The van der Waals surface area contributed by atoms with E-state index in [0.717, 1.165) is 23.8 Å². The fraction of sp³-hybridized carbons (Fsp3) is 0.389. The zero-order valence-electron chi connectivity index (χ0n) is 12.8. The van der Waals surface area contributed by atoms with Crippen LogP contribution in [0.1, 0.15) is 26.7 Å². The summed E-state index contributed by atoms with van der Waals surface area (Å²) in [4.78, 5) is 0. The lowest BCUT2D eigenvalue weighted by Crippen LogP contribution is -2.20. The molecule has 0 saturated heterocycles. The van der Waals surface area contributed by atoms with Gasteiger partial charge in [0.05, 0.1) is 11.4 Å². The van der Waals surface area contributed by atoms with Crippen molar-refractivity contribution in [1.29, 1.82) is 0 Å². The Bertz CT molecular complexity index is 613. The van der Waals surface area contributed by atoms with Gasteiger partial charge in [0, 0.05) is 18.9 Å². The number of anilines is 1. The molecule has 110 valence electrons. The molecule has 1 N–H and O–H groups in total. The first kappa shape index (κ1) is 13.9. The van der Waals surface area contributed by atoms with Crippen LogP contribution in [0.5, 0.6) is 0 Å². The fourth-order valence-electron chi connectivity index (χ4n) is 3.33. The second kappa shape index (κ2) is 6.17. The maximum atomic E-state index is 4.33. The van der Waals surface area contributed by atoms with E-state index in [0.29, 0.717) is 5.92 Å².